The third-order valence-corrected chi connectivity index (χ3v) is 4.61. The predicted molar refractivity (Wildman–Crippen MR) is 109 cm³/mol. The summed E-state index contributed by atoms with van der Waals surface area (Å²) in [5.74, 6) is -0.856. The van der Waals surface area contributed by atoms with E-state index < -0.39 is 0 Å². The fourth-order valence-corrected chi connectivity index (χ4v) is 2.83. The van der Waals surface area contributed by atoms with E-state index in [1.54, 1.807) is 36.4 Å². The monoisotopic (exact) mass is 396 g/mol. The number of hydrogen-bond acceptors (Lipinski definition) is 2. The van der Waals surface area contributed by atoms with Crippen LogP contribution in [0.1, 0.15) is 24.0 Å². The third-order valence-electron chi connectivity index (χ3n) is 4.61. The number of benzene rings is 2. The zero-order valence-electron chi connectivity index (χ0n) is 15.8. The minimum Gasteiger partial charge on any atom is -0.350 e. The van der Waals surface area contributed by atoms with Gasteiger partial charge in [-0.15, -0.1) is 0 Å². The standard InChI is InChI=1S/C23H22F2N2O2/c24-19-9-1-16(2-10-19)5-13-22(28)26-15-21(18-7-8-18)27-23(29)14-6-17-3-11-20(25)12-4-17/h1-6,9-14,18,21H,7-8,15H2,(H,26,28)(H,27,29)/b13-5+,14-6+. The first-order chi connectivity index (χ1) is 14.0. The van der Waals surface area contributed by atoms with Crippen molar-refractivity contribution in [2.24, 2.45) is 5.92 Å². The number of rotatable bonds is 8. The van der Waals surface area contributed by atoms with Gasteiger partial charge < -0.3 is 10.6 Å². The highest BCUT2D eigenvalue weighted by Crippen LogP contribution is 2.32. The molecule has 0 spiro atoms. The smallest absolute Gasteiger partial charge is 0.244 e. The Bertz CT molecular complexity index is 901. The van der Waals surface area contributed by atoms with E-state index in [0.29, 0.717) is 12.5 Å². The van der Waals surface area contributed by atoms with Crippen molar-refractivity contribution >= 4 is 24.0 Å². The van der Waals surface area contributed by atoms with Gasteiger partial charge in [0, 0.05) is 24.7 Å². The average molecular weight is 396 g/mol. The quantitative estimate of drug-likeness (QED) is 0.669. The molecule has 4 nitrogen and oxygen atoms in total. The SMILES string of the molecule is O=C(/C=C/c1ccc(F)cc1)NCC(NC(=O)/C=C/c1ccc(F)cc1)C1CC1. The maximum absolute atomic E-state index is 12.9. The lowest BCUT2D eigenvalue weighted by molar-refractivity contribution is -0.119. The van der Waals surface area contributed by atoms with Crippen LogP contribution < -0.4 is 10.6 Å². The summed E-state index contributed by atoms with van der Waals surface area (Å²) < 4.78 is 25.8. The van der Waals surface area contributed by atoms with Gasteiger partial charge in [0.2, 0.25) is 11.8 Å². The van der Waals surface area contributed by atoms with Crippen molar-refractivity contribution in [3.8, 4) is 0 Å². The second-order valence-electron chi connectivity index (χ2n) is 6.97. The molecule has 1 saturated carbocycles. The molecule has 2 aromatic carbocycles. The fraction of sp³-hybridized carbons (Fsp3) is 0.217. The molecule has 1 atom stereocenters. The molecular formula is C23H22F2N2O2. The Hall–Kier alpha value is -3.28. The maximum Gasteiger partial charge on any atom is 0.244 e. The van der Waals surface area contributed by atoms with Gasteiger partial charge in [-0.05, 0) is 66.3 Å². The van der Waals surface area contributed by atoms with Crippen LogP contribution in [0, 0.1) is 17.6 Å². The summed E-state index contributed by atoms with van der Waals surface area (Å²) in [5.41, 5.74) is 1.45. The molecule has 3 rings (SSSR count). The van der Waals surface area contributed by atoms with E-state index in [1.807, 2.05) is 0 Å². The van der Waals surface area contributed by atoms with Gasteiger partial charge in [-0.1, -0.05) is 24.3 Å². The summed E-state index contributed by atoms with van der Waals surface area (Å²) in [6.45, 7) is 0.327. The lowest BCUT2D eigenvalue weighted by Gasteiger charge is -2.17. The number of nitrogens with one attached hydrogen (secondary N) is 2. The Balaban J connectivity index is 1.48. The predicted octanol–water partition coefficient (Wildman–Crippen LogP) is 3.70. The molecule has 0 aliphatic heterocycles. The molecule has 0 heterocycles. The van der Waals surface area contributed by atoms with Gasteiger partial charge in [0.1, 0.15) is 11.6 Å². The van der Waals surface area contributed by atoms with Crippen molar-refractivity contribution in [2.75, 3.05) is 6.54 Å². The highest BCUT2D eigenvalue weighted by atomic mass is 19.1. The Labute approximate surface area is 168 Å². The summed E-state index contributed by atoms with van der Waals surface area (Å²) in [5, 5.41) is 5.71. The van der Waals surface area contributed by atoms with Crippen molar-refractivity contribution in [3.05, 3.63) is 83.4 Å². The summed E-state index contributed by atoms with van der Waals surface area (Å²) in [4.78, 5) is 24.2. The molecule has 0 aromatic heterocycles. The molecule has 2 N–H and O–H groups in total. The van der Waals surface area contributed by atoms with Crippen LogP contribution in [-0.4, -0.2) is 24.4 Å². The largest absolute Gasteiger partial charge is 0.350 e. The minimum atomic E-state index is -0.330. The van der Waals surface area contributed by atoms with E-state index in [2.05, 4.69) is 10.6 Å². The lowest BCUT2D eigenvalue weighted by atomic mass is 10.1. The van der Waals surface area contributed by atoms with Crippen molar-refractivity contribution < 1.29 is 18.4 Å². The van der Waals surface area contributed by atoms with E-state index in [-0.39, 0.29) is 29.5 Å². The Kier molecular flexibility index (Phi) is 6.89. The number of amides is 2. The average Bonchev–Trinajstić information content (AvgIpc) is 3.55. The highest BCUT2D eigenvalue weighted by Gasteiger charge is 2.31. The lowest BCUT2D eigenvalue weighted by Crippen LogP contribution is -2.44. The maximum atomic E-state index is 12.9. The van der Waals surface area contributed by atoms with Crippen LogP contribution in [-0.2, 0) is 9.59 Å². The molecule has 1 fully saturated rings. The molecule has 150 valence electrons. The Morgan fingerprint density at radius 3 is 1.83 bits per heavy atom. The first-order valence-corrected chi connectivity index (χ1v) is 9.45. The number of carbonyl (C=O) groups excluding carboxylic acids is 2. The van der Waals surface area contributed by atoms with Crippen LogP contribution in [0.4, 0.5) is 8.78 Å². The third kappa shape index (κ3) is 6.99. The van der Waals surface area contributed by atoms with Gasteiger partial charge in [0.15, 0.2) is 0 Å². The van der Waals surface area contributed by atoms with Gasteiger partial charge in [-0.2, -0.15) is 0 Å². The molecule has 0 radical (unpaired) electrons. The van der Waals surface area contributed by atoms with E-state index in [4.69, 9.17) is 0 Å². The van der Waals surface area contributed by atoms with Gasteiger partial charge in [0.25, 0.3) is 0 Å². The highest BCUT2D eigenvalue weighted by molar-refractivity contribution is 5.93. The zero-order chi connectivity index (χ0) is 20.6. The minimum absolute atomic E-state index is 0.150. The molecular weight excluding hydrogens is 374 g/mol. The second kappa shape index (κ2) is 9.78. The Morgan fingerprint density at radius 1 is 0.862 bits per heavy atom. The van der Waals surface area contributed by atoms with Crippen molar-refractivity contribution in [3.63, 3.8) is 0 Å². The molecule has 0 saturated heterocycles. The van der Waals surface area contributed by atoms with Gasteiger partial charge in [-0.3, -0.25) is 9.59 Å². The van der Waals surface area contributed by atoms with Crippen molar-refractivity contribution in [2.45, 2.75) is 18.9 Å². The van der Waals surface area contributed by atoms with Gasteiger partial charge in [0.05, 0.1) is 0 Å². The van der Waals surface area contributed by atoms with E-state index >= 15 is 0 Å². The van der Waals surface area contributed by atoms with Gasteiger partial charge >= 0.3 is 0 Å². The first-order valence-electron chi connectivity index (χ1n) is 9.45. The molecule has 2 aromatic rings. The van der Waals surface area contributed by atoms with Crippen LogP contribution in [0.25, 0.3) is 12.2 Å². The Morgan fingerprint density at radius 2 is 1.34 bits per heavy atom. The number of hydrogen-bond donors (Lipinski definition) is 2. The summed E-state index contributed by atoms with van der Waals surface area (Å²) >= 11 is 0. The molecule has 0 bridgehead atoms. The molecule has 1 aliphatic rings. The van der Waals surface area contributed by atoms with Crippen molar-refractivity contribution in [1.82, 2.24) is 10.6 Å². The molecule has 6 heteroatoms. The normalized spacial score (nSPS) is 14.8. The molecule has 2 amide bonds. The van der Waals surface area contributed by atoms with E-state index in [0.717, 1.165) is 24.0 Å². The van der Waals surface area contributed by atoms with Crippen LogP contribution >= 0.6 is 0 Å². The summed E-state index contributed by atoms with van der Waals surface area (Å²) in [7, 11) is 0. The van der Waals surface area contributed by atoms with E-state index in [9.17, 15) is 18.4 Å². The second-order valence-corrected chi connectivity index (χ2v) is 6.97. The fourth-order valence-electron chi connectivity index (χ4n) is 2.83. The van der Waals surface area contributed by atoms with Crippen LogP contribution in [0.5, 0.6) is 0 Å². The molecule has 29 heavy (non-hydrogen) atoms. The first kappa shape index (κ1) is 20.5. The molecule has 1 unspecified atom stereocenters. The van der Waals surface area contributed by atoms with Gasteiger partial charge in [-0.25, -0.2) is 8.78 Å². The summed E-state index contributed by atoms with van der Waals surface area (Å²) in [6.07, 6.45) is 8.02. The van der Waals surface area contributed by atoms with Crippen molar-refractivity contribution in [1.29, 1.82) is 0 Å². The van der Waals surface area contributed by atoms with Crippen LogP contribution in [0.15, 0.2) is 60.7 Å². The zero-order valence-corrected chi connectivity index (χ0v) is 15.8. The number of halogens is 2. The summed E-state index contributed by atoms with van der Waals surface area (Å²) in [6, 6.07) is 11.5. The van der Waals surface area contributed by atoms with E-state index in [1.165, 1.54) is 36.4 Å². The number of carbonyl (C=O) groups is 2. The van der Waals surface area contributed by atoms with Crippen LogP contribution in [0.3, 0.4) is 0 Å². The van der Waals surface area contributed by atoms with Crippen LogP contribution in [0.2, 0.25) is 0 Å². The topological polar surface area (TPSA) is 58.2 Å². The molecule has 1 aliphatic carbocycles.